The second kappa shape index (κ2) is 17.3. The lowest BCUT2D eigenvalue weighted by atomic mass is 9.97. The van der Waals surface area contributed by atoms with E-state index in [-0.39, 0.29) is 55.9 Å². The third-order valence-electron chi connectivity index (χ3n) is 7.89. The van der Waals surface area contributed by atoms with E-state index in [0.717, 1.165) is 21.9 Å². The number of nitrogens with two attached hydrogens (primary N) is 1. The summed E-state index contributed by atoms with van der Waals surface area (Å²) in [5.41, 5.74) is 4.48. The predicted octanol–water partition coefficient (Wildman–Crippen LogP) is 8.03. The Hall–Kier alpha value is -3.35. The van der Waals surface area contributed by atoms with Crippen LogP contribution in [0.15, 0.2) is 97.3 Å². The van der Waals surface area contributed by atoms with Crippen LogP contribution in [0.1, 0.15) is 32.6 Å². The Balaban J connectivity index is 0.00000267. The highest BCUT2D eigenvalue weighted by Crippen LogP contribution is 2.37. The van der Waals surface area contributed by atoms with Gasteiger partial charge >= 0.3 is 12.4 Å². The lowest BCUT2D eigenvalue weighted by Gasteiger charge is -2.41. The van der Waals surface area contributed by atoms with E-state index < -0.39 is 41.0 Å². The first kappa shape index (κ1) is 40.8. The molecule has 5 nitrogen and oxygen atoms in total. The average molecular weight is 736 g/mol. The van der Waals surface area contributed by atoms with E-state index in [0.29, 0.717) is 44.6 Å². The van der Waals surface area contributed by atoms with Crippen molar-refractivity contribution >= 4 is 53.9 Å². The summed E-state index contributed by atoms with van der Waals surface area (Å²) in [7, 11) is 0. The highest BCUT2D eigenvalue weighted by atomic mass is 35.5. The fourth-order valence-electron chi connectivity index (χ4n) is 5.65. The van der Waals surface area contributed by atoms with Gasteiger partial charge in [0.1, 0.15) is 0 Å². The summed E-state index contributed by atoms with van der Waals surface area (Å²) in [6, 6.07) is 17.7. The van der Waals surface area contributed by atoms with Crippen molar-refractivity contribution in [3.8, 4) is 0 Å². The summed E-state index contributed by atoms with van der Waals surface area (Å²) in [5, 5.41) is 2.01. The number of aromatic nitrogens is 1. The summed E-state index contributed by atoms with van der Waals surface area (Å²) in [4.78, 5) is 21.3. The number of halogens is 9. The topological polar surface area (TPSA) is 62.5 Å². The van der Waals surface area contributed by atoms with Crippen LogP contribution in [0.3, 0.4) is 0 Å². The van der Waals surface area contributed by atoms with Gasteiger partial charge in [-0.05, 0) is 59.0 Å². The maximum absolute atomic E-state index is 13.7. The van der Waals surface area contributed by atoms with E-state index in [1.165, 1.54) is 4.90 Å². The number of alkyl halides is 6. The second-order valence-corrected chi connectivity index (χ2v) is 11.2. The molecule has 4 aromatic rings. The van der Waals surface area contributed by atoms with Crippen LogP contribution in [0, 0.1) is 0 Å². The Bertz CT molecular complexity index is 1640. The fourth-order valence-corrected chi connectivity index (χ4v) is 5.65. The van der Waals surface area contributed by atoms with E-state index in [9.17, 15) is 31.1 Å². The molecule has 1 saturated heterocycles. The molecule has 0 radical (unpaired) electrons. The zero-order valence-corrected chi connectivity index (χ0v) is 27.9. The number of carbonyl (C=O) groups is 1. The third kappa shape index (κ3) is 10.6. The molecule has 0 aliphatic carbocycles. The Labute approximate surface area is 293 Å². The zero-order valence-electron chi connectivity index (χ0n) is 25.5. The number of hydrogen-bond acceptors (Lipinski definition) is 4. The number of rotatable bonds is 8. The zero-order chi connectivity index (χ0) is 32.2. The van der Waals surface area contributed by atoms with Crippen LogP contribution in [0.4, 0.5) is 26.3 Å². The van der Waals surface area contributed by atoms with Gasteiger partial charge in [-0.15, -0.1) is 37.2 Å². The van der Waals surface area contributed by atoms with Crippen LogP contribution in [-0.4, -0.2) is 59.0 Å². The maximum atomic E-state index is 13.7. The van der Waals surface area contributed by atoms with E-state index in [2.05, 4.69) is 9.88 Å². The van der Waals surface area contributed by atoms with E-state index >= 15 is 0 Å². The number of amides is 1. The average Bonchev–Trinajstić information content (AvgIpc) is 3.00. The molecule has 1 aromatic heterocycles. The van der Waals surface area contributed by atoms with Gasteiger partial charge in [-0.25, -0.2) is 0 Å². The van der Waals surface area contributed by atoms with Gasteiger partial charge in [0.05, 0.1) is 11.1 Å². The minimum Gasteiger partial charge on any atom is -0.333 e. The number of benzene rings is 3. The van der Waals surface area contributed by atoms with Gasteiger partial charge in [-0.2, -0.15) is 26.3 Å². The molecule has 48 heavy (non-hydrogen) atoms. The summed E-state index contributed by atoms with van der Waals surface area (Å²) in [6.45, 7) is 1.39. The molecule has 2 N–H and O–H groups in total. The quantitative estimate of drug-likeness (QED) is 0.147. The maximum Gasteiger partial charge on any atom is 0.416 e. The molecule has 1 unspecified atom stereocenters. The van der Waals surface area contributed by atoms with Gasteiger partial charge in [-0.3, -0.25) is 14.7 Å². The van der Waals surface area contributed by atoms with Crippen LogP contribution in [0.2, 0.25) is 0 Å². The highest BCUT2D eigenvalue weighted by molar-refractivity contribution is 5.95. The molecular formula is C34H35Cl3F6N4O. The molecule has 3 aromatic carbocycles. The van der Waals surface area contributed by atoms with Crippen molar-refractivity contribution in [3.05, 3.63) is 125 Å². The number of nitrogens with zero attached hydrogens (tertiary/aromatic N) is 3. The predicted molar refractivity (Wildman–Crippen MR) is 182 cm³/mol. The van der Waals surface area contributed by atoms with Gasteiger partial charge in [0.2, 0.25) is 0 Å². The molecule has 0 saturated carbocycles. The Kier molecular flexibility index (Phi) is 14.8. The molecule has 1 fully saturated rings. The molecule has 2 heterocycles. The van der Waals surface area contributed by atoms with Crippen LogP contribution >= 0.6 is 37.2 Å². The molecular weight excluding hydrogens is 701 g/mol. The van der Waals surface area contributed by atoms with Crippen molar-refractivity contribution in [2.24, 2.45) is 5.73 Å². The molecule has 5 rings (SSSR count). The number of carbonyl (C=O) groups excluding carboxylic acids is 1. The minimum absolute atomic E-state index is 0. The van der Waals surface area contributed by atoms with Crippen molar-refractivity contribution in [1.29, 1.82) is 0 Å². The summed E-state index contributed by atoms with van der Waals surface area (Å²) in [6.07, 6.45) is -1.86. The Morgan fingerprint density at radius 1 is 0.854 bits per heavy atom. The Morgan fingerprint density at radius 3 is 2.15 bits per heavy atom. The summed E-state index contributed by atoms with van der Waals surface area (Å²) < 4.78 is 81.4. The standard InChI is InChI=1S/C34H32F6N4O.3ClH/c35-33(36,37)28-18-27(19-29(20-28)34(38,39)40)32(45)44-14-13-43(12-4-8-30(41)16-24-5-3-11-42-21-24)22-31(44)17-23-9-10-25-6-1-2-7-26(25)15-23;;;/h1-11,15,18-21,30-31H,12-14,16-17,22,41H2;3*1H/b8-4+;;;/t30?,31-;;;/m1.../s1. The molecule has 1 amide bonds. The molecule has 0 spiro atoms. The van der Waals surface area contributed by atoms with E-state index in [1.807, 2.05) is 66.7 Å². The van der Waals surface area contributed by atoms with Gasteiger partial charge in [0, 0.05) is 56.2 Å². The second-order valence-electron chi connectivity index (χ2n) is 11.2. The fraction of sp³-hybridized carbons (Fsp3) is 0.294. The van der Waals surface area contributed by atoms with Crippen molar-refractivity contribution in [2.45, 2.75) is 37.3 Å². The van der Waals surface area contributed by atoms with Gasteiger partial charge in [0.25, 0.3) is 5.91 Å². The van der Waals surface area contributed by atoms with Crippen LogP contribution in [0.5, 0.6) is 0 Å². The lowest BCUT2D eigenvalue weighted by molar-refractivity contribution is -0.143. The highest BCUT2D eigenvalue weighted by Gasteiger charge is 2.39. The summed E-state index contributed by atoms with van der Waals surface area (Å²) >= 11 is 0. The van der Waals surface area contributed by atoms with E-state index in [4.69, 9.17) is 5.73 Å². The monoisotopic (exact) mass is 734 g/mol. The first-order valence-corrected chi connectivity index (χ1v) is 14.5. The first-order valence-electron chi connectivity index (χ1n) is 14.5. The first-order chi connectivity index (χ1) is 21.4. The number of hydrogen-bond donors (Lipinski definition) is 1. The van der Waals surface area contributed by atoms with E-state index in [1.54, 1.807) is 12.4 Å². The largest absolute Gasteiger partial charge is 0.416 e. The smallest absolute Gasteiger partial charge is 0.333 e. The molecule has 260 valence electrons. The number of fused-ring (bicyclic) bond motifs is 1. The van der Waals surface area contributed by atoms with Crippen molar-refractivity contribution in [2.75, 3.05) is 26.2 Å². The number of pyridine rings is 1. The SMILES string of the molecule is Cl.Cl.Cl.NC(/C=C/CN1CCN(C(=O)c2cc(C(F)(F)F)cc(C(F)(F)F)c2)[C@H](Cc2ccc3ccccc3c2)C1)Cc1cccnc1. The van der Waals surface area contributed by atoms with Crippen LogP contribution in [0.25, 0.3) is 10.8 Å². The van der Waals surface area contributed by atoms with Crippen molar-refractivity contribution in [3.63, 3.8) is 0 Å². The van der Waals surface area contributed by atoms with Gasteiger partial charge in [0.15, 0.2) is 0 Å². The Morgan fingerprint density at radius 2 is 1.52 bits per heavy atom. The van der Waals surface area contributed by atoms with Crippen LogP contribution in [-0.2, 0) is 25.2 Å². The normalized spacial score (nSPS) is 16.1. The molecule has 14 heteroatoms. The van der Waals surface area contributed by atoms with Crippen molar-refractivity contribution in [1.82, 2.24) is 14.8 Å². The minimum atomic E-state index is -5.05. The molecule has 2 atom stereocenters. The third-order valence-corrected chi connectivity index (χ3v) is 7.89. The van der Waals surface area contributed by atoms with Gasteiger partial charge < -0.3 is 10.6 Å². The van der Waals surface area contributed by atoms with Gasteiger partial charge in [-0.1, -0.05) is 60.7 Å². The molecule has 1 aliphatic heterocycles. The summed E-state index contributed by atoms with van der Waals surface area (Å²) in [5.74, 6) is -0.869. The molecule has 1 aliphatic rings. The molecule has 0 bridgehead atoms. The lowest BCUT2D eigenvalue weighted by Crippen LogP contribution is -2.56. The van der Waals surface area contributed by atoms with Crippen LogP contribution < -0.4 is 5.73 Å². The van der Waals surface area contributed by atoms with Crippen molar-refractivity contribution < 1.29 is 31.1 Å². The number of piperazine rings is 1.